The number of nitriles is 1. The molecule has 12 aromatic rings. The summed E-state index contributed by atoms with van der Waals surface area (Å²) < 4.78 is 4.79. The highest BCUT2D eigenvalue weighted by atomic mass is 15.1. The normalized spacial score (nSPS) is 11.5. The average molecular weight is 951 g/mol. The van der Waals surface area contributed by atoms with Gasteiger partial charge in [0.05, 0.1) is 51.6 Å². The van der Waals surface area contributed by atoms with Gasteiger partial charge < -0.3 is 9.13 Å². The van der Waals surface area contributed by atoms with E-state index in [0.717, 1.165) is 88.4 Å². The van der Waals surface area contributed by atoms with Crippen molar-refractivity contribution in [2.75, 3.05) is 0 Å². The third-order valence-electron chi connectivity index (χ3n) is 15.3. The van der Waals surface area contributed by atoms with Crippen molar-refractivity contribution in [2.45, 2.75) is 55.4 Å². The van der Waals surface area contributed by atoms with Crippen LogP contribution in [0.3, 0.4) is 0 Å². The molecule has 4 heteroatoms. The lowest BCUT2D eigenvalue weighted by atomic mass is 9.95. The summed E-state index contributed by atoms with van der Waals surface area (Å²) in [5.41, 5.74) is 27.9. The summed E-state index contributed by atoms with van der Waals surface area (Å²) in [5, 5.41) is 14.7. The van der Waals surface area contributed by atoms with Crippen LogP contribution < -0.4 is 0 Å². The lowest BCUT2D eigenvalue weighted by molar-refractivity contribution is 1.10. The molecule has 0 saturated carbocycles. The van der Waals surface area contributed by atoms with Gasteiger partial charge in [-0.15, -0.1) is 0 Å². The molecule has 0 aliphatic carbocycles. The van der Waals surface area contributed by atoms with Crippen LogP contribution in [0.1, 0.15) is 50.1 Å². The third kappa shape index (κ3) is 7.67. The van der Waals surface area contributed by atoms with Crippen LogP contribution in [0.2, 0.25) is 0 Å². The van der Waals surface area contributed by atoms with Crippen molar-refractivity contribution < 1.29 is 0 Å². The summed E-state index contributed by atoms with van der Waals surface area (Å²) in [6.45, 7) is 26.2. The van der Waals surface area contributed by atoms with Crippen molar-refractivity contribution in [3.8, 4) is 73.1 Å². The number of fused-ring (bicyclic) bond motifs is 6. The molecule has 0 bridgehead atoms. The van der Waals surface area contributed by atoms with Crippen molar-refractivity contribution >= 4 is 49.3 Å². The molecule has 0 saturated heterocycles. The summed E-state index contributed by atoms with van der Waals surface area (Å²) in [6, 6.07) is 68.6. The van der Waals surface area contributed by atoms with Crippen LogP contribution in [0, 0.1) is 73.3 Å². The number of hydrogen-bond donors (Lipinski definition) is 0. The first-order valence-electron chi connectivity index (χ1n) is 25.4. The molecule has 0 N–H and O–H groups in total. The van der Waals surface area contributed by atoms with Gasteiger partial charge in [0, 0.05) is 21.5 Å². The summed E-state index contributed by atoms with van der Waals surface area (Å²) in [5.74, 6) is 0. The Hall–Kier alpha value is -9.22. The molecule has 354 valence electrons. The summed E-state index contributed by atoms with van der Waals surface area (Å²) >= 11 is 0. The van der Waals surface area contributed by atoms with E-state index in [0.29, 0.717) is 11.3 Å². The second-order valence-corrected chi connectivity index (χ2v) is 20.5. The molecule has 0 aliphatic heterocycles. The quantitative estimate of drug-likeness (QED) is 0.147. The third-order valence-corrected chi connectivity index (χ3v) is 15.3. The van der Waals surface area contributed by atoms with Gasteiger partial charge in [-0.3, -0.25) is 0 Å². The molecule has 74 heavy (non-hydrogen) atoms. The highest BCUT2D eigenvalue weighted by molar-refractivity contribution is 6.14. The van der Waals surface area contributed by atoms with E-state index in [9.17, 15) is 5.26 Å². The molecular weight excluding hydrogens is 897 g/mol. The molecule has 10 aromatic carbocycles. The Bertz CT molecular complexity index is 4210. The highest BCUT2D eigenvalue weighted by Crippen LogP contribution is 2.46. The largest absolute Gasteiger partial charge is 0.308 e. The fourth-order valence-electron chi connectivity index (χ4n) is 11.8. The number of nitrogens with zero attached hydrogens (tertiary/aromatic N) is 4. The molecule has 0 fully saturated rings. The van der Waals surface area contributed by atoms with Gasteiger partial charge in [-0.1, -0.05) is 131 Å². The number of hydrogen-bond acceptors (Lipinski definition) is 1. The van der Waals surface area contributed by atoms with Gasteiger partial charge in [0.25, 0.3) is 0 Å². The van der Waals surface area contributed by atoms with E-state index in [1.54, 1.807) is 0 Å². The lowest BCUT2D eigenvalue weighted by Crippen LogP contribution is -2.04. The maximum absolute atomic E-state index is 10.1. The van der Waals surface area contributed by atoms with Crippen molar-refractivity contribution in [2.24, 2.45) is 0 Å². The molecule has 0 amide bonds. The maximum atomic E-state index is 10.1. The number of rotatable bonds is 7. The van der Waals surface area contributed by atoms with Crippen molar-refractivity contribution in [1.29, 1.82) is 5.26 Å². The lowest BCUT2D eigenvalue weighted by Gasteiger charge is -2.20. The van der Waals surface area contributed by atoms with Gasteiger partial charge in [-0.05, 0) is 206 Å². The molecule has 12 rings (SSSR count). The van der Waals surface area contributed by atoms with E-state index in [2.05, 4.69) is 233 Å². The zero-order chi connectivity index (χ0) is 51.1. The van der Waals surface area contributed by atoms with Crippen LogP contribution >= 0.6 is 0 Å². The van der Waals surface area contributed by atoms with Crippen molar-refractivity contribution in [3.05, 3.63) is 243 Å². The molecule has 2 aromatic heterocycles. The SMILES string of the molecule is [C-]#[N+]c1cc(-n2c3ccc(-c4ccc(C)cc4C)cc3c3cc(-c4ccc(C)cc4C)ccc32)c(-n2c3ccc(-c4ccc(C)cc4C)cc3c3cc(-c4ccc(C)cc4C)ccc32)cc1-c1cccc(C#N)c1. The van der Waals surface area contributed by atoms with Gasteiger partial charge in [0.2, 0.25) is 0 Å². The van der Waals surface area contributed by atoms with Crippen LogP contribution in [-0.4, -0.2) is 9.13 Å². The van der Waals surface area contributed by atoms with Gasteiger partial charge >= 0.3 is 0 Å². The minimum absolute atomic E-state index is 0.502. The Morgan fingerprint density at radius 3 is 1.01 bits per heavy atom. The Labute approximate surface area is 433 Å². The predicted molar refractivity (Wildman–Crippen MR) is 311 cm³/mol. The van der Waals surface area contributed by atoms with E-state index in [4.69, 9.17) is 6.57 Å². The van der Waals surface area contributed by atoms with Gasteiger partial charge in [-0.2, -0.15) is 5.26 Å². The Morgan fingerprint density at radius 2 is 0.689 bits per heavy atom. The molecule has 2 heterocycles. The van der Waals surface area contributed by atoms with E-state index < -0.39 is 0 Å². The topological polar surface area (TPSA) is 38.0 Å². The minimum atomic E-state index is 0.502. The van der Waals surface area contributed by atoms with Crippen molar-refractivity contribution in [1.82, 2.24) is 9.13 Å². The van der Waals surface area contributed by atoms with Crippen LogP contribution in [0.5, 0.6) is 0 Å². The monoisotopic (exact) mass is 950 g/mol. The molecule has 0 spiro atoms. The summed E-state index contributed by atoms with van der Waals surface area (Å²) in [4.78, 5) is 4.28. The number of benzene rings is 10. The number of aryl methyl sites for hydroxylation is 8. The van der Waals surface area contributed by atoms with E-state index in [1.807, 2.05) is 24.3 Å². The second-order valence-electron chi connectivity index (χ2n) is 20.5. The van der Waals surface area contributed by atoms with Gasteiger partial charge in [-0.25, -0.2) is 4.85 Å². The number of aromatic nitrogens is 2. The Morgan fingerprint density at radius 1 is 0.351 bits per heavy atom. The molecular formula is C70H54N4. The van der Waals surface area contributed by atoms with Crippen LogP contribution in [0.25, 0.3) is 115 Å². The second kappa shape index (κ2) is 17.8. The molecule has 0 atom stereocenters. The Balaban J connectivity index is 1.21. The van der Waals surface area contributed by atoms with E-state index in [-0.39, 0.29) is 0 Å². The van der Waals surface area contributed by atoms with E-state index >= 15 is 0 Å². The maximum Gasteiger partial charge on any atom is 0.197 e. The first kappa shape index (κ1) is 45.9. The summed E-state index contributed by atoms with van der Waals surface area (Å²) in [7, 11) is 0. The average Bonchev–Trinajstić information content (AvgIpc) is 3.92. The first-order chi connectivity index (χ1) is 35.8. The van der Waals surface area contributed by atoms with Crippen LogP contribution in [-0.2, 0) is 0 Å². The summed E-state index contributed by atoms with van der Waals surface area (Å²) in [6.07, 6.45) is 0. The fourth-order valence-corrected chi connectivity index (χ4v) is 11.8. The fraction of sp³-hybridized carbons (Fsp3) is 0.114. The Kier molecular flexibility index (Phi) is 11.0. The van der Waals surface area contributed by atoms with Crippen LogP contribution in [0.15, 0.2) is 182 Å². The predicted octanol–water partition coefficient (Wildman–Crippen LogP) is 19.1. The highest BCUT2D eigenvalue weighted by Gasteiger charge is 2.24. The standard InChI is InChI=1S/C70H54N4/c1-41-13-21-55(45(5)29-41)51-17-25-65-60(34-51)61-35-52(56-22-14-42(2)30-46(56)6)18-26-66(61)73(65)69-38-59(50-12-10-11-49(33-50)40-71)64(72-9)39-70(69)74-67-27-19-53(57-23-15-43(3)31-47(57)7)36-62(67)63-37-54(20-28-68(63)74)58-24-16-44(4)32-48(58)8/h10-39H,1-8H3. The molecule has 4 nitrogen and oxygen atoms in total. The molecule has 0 unspecified atom stereocenters. The van der Waals surface area contributed by atoms with Crippen molar-refractivity contribution in [3.63, 3.8) is 0 Å². The minimum Gasteiger partial charge on any atom is -0.308 e. The molecule has 0 aliphatic rings. The zero-order valence-electron chi connectivity index (χ0n) is 43.1. The first-order valence-corrected chi connectivity index (χ1v) is 25.4. The molecule has 0 radical (unpaired) electrons. The van der Waals surface area contributed by atoms with Gasteiger partial charge in [0.1, 0.15) is 0 Å². The smallest absolute Gasteiger partial charge is 0.197 e. The van der Waals surface area contributed by atoms with E-state index in [1.165, 1.54) is 66.8 Å². The van der Waals surface area contributed by atoms with Crippen LogP contribution in [0.4, 0.5) is 5.69 Å². The van der Waals surface area contributed by atoms with Gasteiger partial charge in [0.15, 0.2) is 5.69 Å². The zero-order valence-corrected chi connectivity index (χ0v) is 43.1.